The van der Waals surface area contributed by atoms with E-state index in [1.54, 1.807) is 14.2 Å². The minimum Gasteiger partial charge on any atom is -0.493 e. The minimum atomic E-state index is 0.249. The van der Waals surface area contributed by atoms with Gasteiger partial charge in [-0.1, -0.05) is 31.0 Å². The van der Waals surface area contributed by atoms with E-state index in [0.29, 0.717) is 12.5 Å². The third kappa shape index (κ3) is 6.04. The largest absolute Gasteiger partial charge is 0.493 e. The Bertz CT molecular complexity index is 929. The molecule has 2 aliphatic rings. The Hall–Kier alpha value is -2.18. The number of hydrogen-bond acceptors (Lipinski definition) is 5. The third-order valence-corrected chi connectivity index (χ3v) is 7.98. The van der Waals surface area contributed by atoms with Gasteiger partial charge in [0.2, 0.25) is 5.91 Å². The van der Waals surface area contributed by atoms with Gasteiger partial charge in [-0.25, -0.2) is 0 Å². The molecule has 1 heterocycles. The van der Waals surface area contributed by atoms with E-state index in [2.05, 4.69) is 35.2 Å². The minimum absolute atomic E-state index is 0.249. The molecule has 0 atom stereocenters. The highest BCUT2D eigenvalue weighted by Gasteiger charge is 2.25. The van der Waals surface area contributed by atoms with Gasteiger partial charge >= 0.3 is 0 Å². The van der Waals surface area contributed by atoms with Crippen LogP contribution in [0, 0.1) is 0 Å². The number of ether oxygens (including phenoxy) is 2. The third-order valence-electron chi connectivity index (χ3n) is 6.83. The lowest BCUT2D eigenvalue weighted by atomic mass is 10.1. The van der Waals surface area contributed by atoms with Crippen LogP contribution in [0.15, 0.2) is 47.4 Å². The lowest BCUT2D eigenvalue weighted by molar-refractivity contribution is -0.119. The Morgan fingerprint density at radius 2 is 1.82 bits per heavy atom. The van der Waals surface area contributed by atoms with Crippen LogP contribution in [0.25, 0.3) is 0 Å². The molecule has 5 nitrogen and oxygen atoms in total. The number of carbonyl (C=O) groups excluding carboxylic acids is 1. The van der Waals surface area contributed by atoms with Crippen LogP contribution in [-0.4, -0.2) is 56.5 Å². The fourth-order valence-corrected chi connectivity index (χ4v) is 6.01. The van der Waals surface area contributed by atoms with Crippen molar-refractivity contribution < 1.29 is 14.3 Å². The zero-order valence-electron chi connectivity index (χ0n) is 19.9. The van der Waals surface area contributed by atoms with Crippen molar-refractivity contribution in [2.24, 2.45) is 0 Å². The van der Waals surface area contributed by atoms with Crippen molar-refractivity contribution in [2.45, 2.75) is 55.9 Å². The monoisotopic (exact) mass is 468 g/mol. The molecule has 0 aromatic heterocycles. The fraction of sp³-hybridized carbons (Fsp3) is 0.519. The Morgan fingerprint density at radius 1 is 1.03 bits per heavy atom. The Labute approximate surface area is 202 Å². The van der Waals surface area contributed by atoms with Gasteiger partial charge in [-0.2, -0.15) is 0 Å². The van der Waals surface area contributed by atoms with Crippen LogP contribution in [0.4, 0.5) is 5.69 Å². The van der Waals surface area contributed by atoms with Gasteiger partial charge in [0.15, 0.2) is 11.5 Å². The molecule has 2 aromatic carbocycles. The number of amides is 1. The van der Waals surface area contributed by atoms with E-state index in [1.165, 1.54) is 36.1 Å². The summed E-state index contributed by atoms with van der Waals surface area (Å²) < 4.78 is 10.9. The molecule has 0 saturated heterocycles. The summed E-state index contributed by atoms with van der Waals surface area (Å²) in [5.41, 5.74) is 2.32. The predicted molar refractivity (Wildman–Crippen MR) is 136 cm³/mol. The summed E-state index contributed by atoms with van der Waals surface area (Å²) in [6.07, 6.45) is 7.61. The summed E-state index contributed by atoms with van der Waals surface area (Å²) in [6.45, 7) is 2.60. The second-order valence-electron chi connectivity index (χ2n) is 8.88. The molecule has 0 N–H and O–H groups in total. The molecule has 1 saturated carbocycles. The van der Waals surface area contributed by atoms with E-state index >= 15 is 0 Å². The Kier molecular flexibility index (Phi) is 8.57. The molecule has 0 bridgehead atoms. The van der Waals surface area contributed by atoms with Gasteiger partial charge in [-0.05, 0) is 61.3 Å². The summed E-state index contributed by atoms with van der Waals surface area (Å²) >= 11 is 1.86. The molecule has 1 amide bonds. The number of rotatable bonds is 9. The van der Waals surface area contributed by atoms with Crippen LogP contribution >= 0.6 is 11.8 Å². The number of anilines is 1. The van der Waals surface area contributed by atoms with E-state index in [9.17, 15) is 4.79 Å². The molecule has 1 aliphatic carbocycles. The number of hydrogen-bond donors (Lipinski definition) is 0. The van der Waals surface area contributed by atoms with Crippen molar-refractivity contribution in [1.29, 1.82) is 0 Å². The summed E-state index contributed by atoms with van der Waals surface area (Å²) in [4.78, 5) is 19.1. The molecule has 6 heteroatoms. The van der Waals surface area contributed by atoms with Crippen LogP contribution in [0.3, 0.4) is 0 Å². The van der Waals surface area contributed by atoms with Crippen molar-refractivity contribution in [3.05, 3.63) is 48.0 Å². The maximum atomic E-state index is 13.3. The predicted octanol–water partition coefficient (Wildman–Crippen LogP) is 5.41. The normalized spacial score (nSPS) is 16.5. The van der Waals surface area contributed by atoms with E-state index in [1.807, 2.05) is 28.8 Å². The lowest BCUT2D eigenvalue weighted by Crippen LogP contribution is -2.39. The SMILES string of the molecule is COc1ccc(CCN(CCC(=O)N2CCCSc3ccccc32)C2CCCC2)cc1OC. The molecule has 1 aliphatic heterocycles. The van der Waals surface area contributed by atoms with Gasteiger partial charge in [0.05, 0.1) is 19.9 Å². The first-order valence-electron chi connectivity index (χ1n) is 12.2. The second-order valence-corrected chi connectivity index (χ2v) is 10.0. The number of para-hydroxylation sites is 1. The van der Waals surface area contributed by atoms with Crippen molar-refractivity contribution >= 4 is 23.4 Å². The van der Waals surface area contributed by atoms with Gasteiger partial charge in [0.25, 0.3) is 0 Å². The standard InChI is InChI=1S/C27H36N2O3S/c1-31-24-13-12-21(20-25(24)32-2)14-17-28(22-8-3-4-9-22)18-15-27(30)29-16-7-19-33-26-11-6-5-10-23(26)29/h5-6,10-13,20,22H,3-4,7-9,14-19H2,1-2H3. The van der Waals surface area contributed by atoms with Crippen molar-refractivity contribution in [2.75, 3.05) is 44.5 Å². The lowest BCUT2D eigenvalue weighted by Gasteiger charge is -2.30. The van der Waals surface area contributed by atoms with E-state index in [4.69, 9.17) is 9.47 Å². The number of benzene rings is 2. The van der Waals surface area contributed by atoms with Gasteiger partial charge in [-0.3, -0.25) is 9.69 Å². The second kappa shape index (κ2) is 11.8. The molecule has 0 radical (unpaired) electrons. The van der Waals surface area contributed by atoms with Gasteiger partial charge in [0, 0.05) is 37.0 Å². The van der Waals surface area contributed by atoms with Crippen molar-refractivity contribution in [1.82, 2.24) is 4.90 Å². The maximum Gasteiger partial charge on any atom is 0.228 e. The molecule has 0 spiro atoms. The average Bonchev–Trinajstić information content (AvgIpc) is 3.30. The summed E-state index contributed by atoms with van der Waals surface area (Å²) in [7, 11) is 3.34. The van der Waals surface area contributed by atoms with Crippen LogP contribution in [0.2, 0.25) is 0 Å². The van der Waals surface area contributed by atoms with Crippen LogP contribution in [0.1, 0.15) is 44.1 Å². The van der Waals surface area contributed by atoms with E-state index in [0.717, 1.165) is 55.4 Å². The fourth-order valence-electron chi connectivity index (χ4n) is 5.02. The van der Waals surface area contributed by atoms with Crippen LogP contribution in [-0.2, 0) is 11.2 Å². The zero-order chi connectivity index (χ0) is 23.0. The maximum absolute atomic E-state index is 13.3. The van der Waals surface area contributed by atoms with Gasteiger partial charge < -0.3 is 14.4 Å². The molecule has 0 unspecified atom stereocenters. The molecular formula is C27H36N2O3S. The van der Waals surface area contributed by atoms with E-state index in [-0.39, 0.29) is 5.91 Å². The van der Waals surface area contributed by atoms with Crippen molar-refractivity contribution in [3.8, 4) is 11.5 Å². The van der Waals surface area contributed by atoms with Crippen LogP contribution < -0.4 is 14.4 Å². The Balaban J connectivity index is 1.40. The van der Waals surface area contributed by atoms with Crippen LogP contribution in [0.5, 0.6) is 11.5 Å². The highest BCUT2D eigenvalue weighted by Crippen LogP contribution is 2.34. The van der Waals surface area contributed by atoms with E-state index < -0.39 is 0 Å². The number of methoxy groups -OCH3 is 2. The molecule has 4 rings (SSSR count). The summed E-state index contributed by atoms with van der Waals surface area (Å²) in [6, 6.07) is 15.1. The number of thioether (sulfide) groups is 1. The molecule has 33 heavy (non-hydrogen) atoms. The highest BCUT2D eigenvalue weighted by molar-refractivity contribution is 7.99. The van der Waals surface area contributed by atoms with Gasteiger partial charge in [-0.15, -0.1) is 11.8 Å². The quantitative estimate of drug-likeness (QED) is 0.492. The van der Waals surface area contributed by atoms with Crippen molar-refractivity contribution in [3.63, 3.8) is 0 Å². The molecule has 178 valence electrons. The smallest absolute Gasteiger partial charge is 0.228 e. The topological polar surface area (TPSA) is 42.0 Å². The first-order chi connectivity index (χ1) is 16.2. The molecule has 2 aromatic rings. The zero-order valence-corrected chi connectivity index (χ0v) is 20.7. The Morgan fingerprint density at radius 3 is 2.61 bits per heavy atom. The summed E-state index contributed by atoms with van der Waals surface area (Å²) in [5.74, 6) is 2.85. The first kappa shape index (κ1) is 24.0. The number of fused-ring (bicyclic) bond motifs is 1. The van der Waals surface area contributed by atoms with Gasteiger partial charge in [0.1, 0.15) is 0 Å². The number of nitrogens with zero attached hydrogens (tertiary/aromatic N) is 2. The number of carbonyl (C=O) groups is 1. The average molecular weight is 469 g/mol. The summed E-state index contributed by atoms with van der Waals surface area (Å²) in [5, 5.41) is 0. The highest BCUT2D eigenvalue weighted by atomic mass is 32.2. The molecule has 1 fully saturated rings. The molecular weight excluding hydrogens is 432 g/mol. The first-order valence-corrected chi connectivity index (χ1v) is 13.2.